The summed E-state index contributed by atoms with van der Waals surface area (Å²) < 4.78 is 0. The number of nitrogens with two attached hydrogens (primary N) is 1. The van der Waals surface area contributed by atoms with Crippen LogP contribution in [0.15, 0.2) is 35.5 Å². The summed E-state index contributed by atoms with van der Waals surface area (Å²) in [6.45, 7) is 0. The zero-order valence-corrected chi connectivity index (χ0v) is 9.83. The Hall–Kier alpha value is -1.87. The van der Waals surface area contributed by atoms with Crippen molar-refractivity contribution in [2.45, 2.75) is 6.42 Å². The van der Waals surface area contributed by atoms with Gasteiger partial charge in [0.2, 0.25) is 5.91 Å². The van der Waals surface area contributed by atoms with Gasteiger partial charge in [0.05, 0.1) is 0 Å². The zero-order valence-electron chi connectivity index (χ0n) is 9.01. The summed E-state index contributed by atoms with van der Waals surface area (Å²) in [6, 6.07) is 5.54. The summed E-state index contributed by atoms with van der Waals surface area (Å²) in [5.74, 6) is -0.392. The van der Waals surface area contributed by atoms with Gasteiger partial charge < -0.3 is 5.73 Å². The van der Waals surface area contributed by atoms with Crippen molar-refractivity contribution < 1.29 is 4.79 Å². The van der Waals surface area contributed by atoms with E-state index >= 15 is 0 Å². The molecule has 1 amide bonds. The van der Waals surface area contributed by atoms with E-state index in [0.29, 0.717) is 5.56 Å². The van der Waals surface area contributed by atoms with Gasteiger partial charge in [0, 0.05) is 23.9 Å². The number of carbonyl (C=O) groups excluding carboxylic acids is 1. The molecule has 0 bridgehead atoms. The highest BCUT2D eigenvalue weighted by Gasteiger charge is 2.24. The Kier molecular flexibility index (Phi) is 2.86. The van der Waals surface area contributed by atoms with Gasteiger partial charge in [-0.2, -0.15) is 0 Å². The number of allylic oxidation sites excluding steroid dienone is 1. The first-order valence-corrected chi connectivity index (χ1v) is 5.13. The van der Waals surface area contributed by atoms with Gasteiger partial charge in [-0.1, -0.05) is 12.1 Å². The lowest BCUT2D eigenvalue weighted by Gasteiger charge is -1.96. The topological polar surface area (TPSA) is 55.5 Å². The third-order valence-corrected chi connectivity index (χ3v) is 2.82. The third kappa shape index (κ3) is 2.01. The fourth-order valence-electron chi connectivity index (χ4n) is 1.91. The molecule has 0 spiro atoms. The number of hydrogen-bond donors (Lipinski definition) is 1. The van der Waals surface area contributed by atoms with Gasteiger partial charge in [0.25, 0.3) is 0 Å². The number of hydrogen-bond acceptors (Lipinski definition) is 2. The molecule has 1 aliphatic carbocycles. The maximum Gasteiger partial charge on any atom is 0.248 e. The smallest absolute Gasteiger partial charge is 0.248 e. The van der Waals surface area contributed by atoms with E-state index in [1.165, 1.54) is 5.57 Å². The Morgan fingerprint density at radius 2 is 2.18 bits per heavy atom. The number of rotatable bonds is 1. The Morgan fingerprint density at radius 3 is 2.94 bits per heavy atom. The van der Waals surface area contributed by atoms with Crippen LogP contribution < -0.4 is 16.2 Å². The average molecular weight is 247 g/mol. The molecule has 2 N–H and O–H groups in total. The molecule has 0 aromatic heterocycles. The second kappa shape index (κ2) is 4.18. The molecule has 17 heavy (non-hydrogen) atoms. The number of carbonyl (C=O) groups is 1. The van der Waals surface area contributed by atoms with Crippen LogP contribution in [-0.4, -0.2) is 11.6 Å². The second-order valence-electron chi connectivity index (χ2n) is 3.91. The van der Waals surface area contributed by atoms with Crippen LogP contribution in [0.2, 0.25) is 0 Å². The first-order valence-electron chi connectivity index (χ1n) is 5.13. The molecule has 4 heteroatoms. The molecule has 3 nitrogen and oxygen atoms in total. The van der Waals surface area contributed by atoms with Crippen LogP contribution in [0, 0.1) is 0 Å². The molecule has 0 atom stereocenters. The lowest BCUT2D eigenvalue weighted by molar-refractivity contribution is 0.1000. The highest BCUT2D eigenvalue weighted by molar-refractivity contribution is 6.38. The van der Waals surface area contributed by atoms with Crippen molar-refractivity contribution in [1.29, 1.82) is 0 Å². The predicted octanol–water partition coefficient (Wildman–Crippen LogP) is 0.510. The van der Waals surface area contributed by atoms with Gasteiger partial charge in [0.15, 0.2) is 0 Å². The molecule has 1 aromatic carbocycles. The van der Waals surface area contributed by atoms with Gasteiger partial charge in [-0.3, -0.25) is 9.79 Å². The van der Waals surface area contributed by atoms with Gasteiger partial charge in [-0.25, -0.2) is 0 Å². The van der Waals surface area contributed by atoms with Crippen molar-refractivity contribution in [3.8, 4) is 0 Å². The normalized spacial score (nSPS) is 18.5. The van der Waals surface area contributed by atoms with Gasteiger partial charge in [0.1, 0.15) is 0 Å². The monoisotopic (exact) mass is 246 g/mol. The minimum atomic E-state index is -0.392. The van der Waals surface area contributed by atoms with Crippen LogP contribution in [0.4, 0.5) is 0 Å². The summed E-state index contributed by atoms with van der Waals surface area (Å²) in [5, 5.41) is 2.19. The molecule has 1 aliphatic heterocycles. The maximum atomic E-state index is 11.1. The zero-order chi connectivity index (χ0) is 11.1. The van der Waals surface area contributed by atoms with E-state index in [0.717, 1.165) is 22.6 Å². The number of fused-ring (bicyclic) bond motifs is 2. The van der Waals surface area contributed by atoms with Crippen molar-refractivity contribution in [2.24, 2.45) is 10.7 Å². The van der Waals surface area contributed by atoms with Crippen LogP contribution >= 0.6 is 12.4 Å². The summed E-state index contributed by atoms with van der Waals surface area (Å²) in [7, 11) is 0. The number of amides is 1. The summed E-state index contributed by atoms with van der Waals surface area (Å²) in [4.78, 5) is 15.4. The van der Waals surface area contributed by atoms with Gasteiger partial charge >= 0.3 is 0 Å². The number of aliphatic imine (C=N–C) groups is 1. The van der Waals surface area contributed by atoms with Crippen molar-refractivity contribution in [1.82, 2.24) is 0 Å². The molecule has 1 saturated carbocycles. The second-order valence-corrected chi connectivity index (χ2v) is 3.91. The highest BCUT2D eigenvalue weighted by Crippen LogP contribution is 2.25. The molecule has 1 heterocycles. The number of benzene rings is 1. The van der Waals surface area contributed by atoms with E-state index in [2.05, 4.69) is 4.99 Å². The third-order valence-electron chi connectivity index (χ3n) is 2.82. The van der Waals surface area contributed by atoms with Gasteiger partial charge in [-0.05, 0) is 34.2 Å². The fourth-order valence-corrected chi connectivity index (χ4v) is 1.91. The van der Waals surface area contributed by atoms with E-state index in [4.69, 9.17) is 5.73 Å². The van der Waals surface area contributed by atoms with E-state index in [1.54, 1.807) is 12.3 Å². The van der Waals surface area contributed by atoms with E-state index < -0.39 is 5.91 Å². The standard InChI is InChI=1S/C13H10N2O.ClH/c14-13(16)9-3-4-10-8(6-9)2-1-5-15-12-7-11(10)12;/h1-6H,7H2,(H2,14,16);1H/b2-1?,5-1?,8-2?,11-10+,15-5?,15-12?;. The lowest BCUT2D eigenvalue weighted by atomic mass is 10.1. The van der Waals surface area contributed by atoms with Gasteiger partial charge in [-0.15, -0.1) is 12.4 Å². The van der Waals surface area contributed by atoms with Crippen LogP contribution in [0.1, 0.15) is 16.8 Å². The fraction of sp³-hybridized carbons (Fsp3) is 0.0769. The molecule has 2 aliphatic rings. The minimum absolute atomic E-state index is 0. The molecule has 86 valence electrons. The maximum absolute atomic E-state index is 11.1. The Bertz CT molecular complexity index is 671. The van der Waals surface area contributed by atoms with Crippen LogP contribution in [0.25, 0.3) is 11.6 Å². The molecular weight excluding hydrogens is 236 g/mol. The van der Waals surface area contributed by atoms with E-state index in [9.17, 15) is 4.79 Å². The quantitative estimate of drug-likeness (QED) is 0.771. The first kappa shape index (κ1) is 11.6. The van der Waals surface area contributed by atoms with Crippen LogP contribution in [-0.2, 0) is 0 Å². The average Bonchev–Trinajstić information content (AvgIpc) is 2.99. The highest BCUT2D eigenvalue weighted by atomic mass is 35.5. The SMILES string of the molecule is Cl.NC(=O)c1cc/c2c(c1)=CC=CN=C1C\C=21. The minimum Gasteiger partial charge on any atom is -0.366 e. The van der Waals surface area contributed by atoms with E-state index in [-0.39, 0.29) is 12.4 Å². The largest absolute Gasteiger partial charge is 0.366 e. The molecular formula is C13H11ClN2O. The molecule has 0 radical (unpaired) electrons. The molecule has 1 aromatic rings. The number of halogens is 1. The van der Waals surface area contributed by atoms with Crippen LogP contribution in [0.3, 0.4) is 0 Å². The summed E-state index contributed by atoms with van der Waals surface area (Å²) >= 11 is 0. The van der Waals surface area contributed by atoms with Crippen molar-refractivity contribution in [3.63, 3.8) is 0 Å². The van der Waals surface area contributed by atoms with Crippen molar-refractivity contribution in [2.75, 3.05) is 0 Å². The first-order chi connectivity index (χ1) is 7.75. The molecule has 3 rings (SSSR count). The summed E-state index contributed by atoms with van der Waals surface area (Å²) in [6.07, 6.45) is 6.56. The van der Waals surface area contributed by atoms with Crippen LogP contribution in [0.5, 0.6) is 0 Å². The predicted molar refractivity (Wildman–Crippen MR) is 70.5 cm³/mol. The molecule has 0 unspecified atom stereocenters. The lowest BCUT2D eigenvalue weighted by Crippen LogP contribution is -2.27. The molecule has 0 saturated heterocycles. The Labute approximate surface area is 104 Å². The van der Waals surface area contributed by atoms with E-state index in [1.807, 2.05) is 24.3 Å². The number of nitrogens with zero attached hydrogens (tertiary/aromatic N) is 1. The Morgan fingerprint density at radius 1 is 1.35 bits per heavy atom. The Balaban J connectivity index is 0.00000108. The molecule has 1 fully saturated rings. The van der Waals surface area contributed by atoms with Crippen molar-refractivity contribution in [3.05, 3.63) is 46.5 Å². The summed E-state index contributed by atoms with van der Waals surface area (Å²) in [5.41, 5.74) is 8.21. The number of primary amides is 1. The van der Waals surface area contributed by atoms with Crippen molar-refractivity contribution >= 4 is 35.7 Å².